The summed E-state index contributed by atoms with van der Waals surface area (Å²) in [5, 5.41) is 0. The second-order valence-corrected chi connectivity index (χ2v) is 4.58. The van der Waals surface area contributed by atoms with Crippen molar-refractivity contribution in [2.75, 3.05) is 12.5 Å². The van der Waals surface area contributed by atoms with Gasteiger partial charge in [-0.15, -0.1) is 0 Å². The number of benzene rings is 1. The van der Waals surface area contributed by atoms with Crippen molar-refractivity contribution in [3.8, 4) is 0 Å². The first kappa shape index (κ1) is 14.0. The van der Waals surface area contributed by atoms with Gasteiger partial charge in [0.1, 0.15) is 5.69 Å². The van der Waals surface area contributed by atoms with E-state index in [1.54, 1.807) is 11.9 Å². The normalized spacial score (nSPS) is 10.2. The van der Waals surface area contributed by atoms with Gasteiger partial charge in [0.2, 0.25) is 0 Å². The summed E-state index contributed by atoms with van der Waals surface area (Å²) < 4.78 is 0. The number of carbonyl (C=O) groups is 1. The molecule has 0 atom stereocenters. The van der Waals surface area contributed by atoms with Crippen molar-refractivity contribution < 1.29 is 4.79 Å². The van der Waals surface area contributed by atoms with Gasteiger partial charge >= 0.3 is 0 Å². The number of amides is 1. The molecule has 0 aliphatic heterocycles. The fourth-order valence-corrected chi connectivity index (χ4v) is 1.89. The van der Waals surface area contributed by atoms with E-state index in [1.165, 1.54) is 12.4 Å². The number of aryl methyl sites for hydroxylation is 1. The van der Waals surface area contributed by atoms with Crippen LogP contribution in [0.4, 0.5) is 5.82 Å². The van der Waals surface area contributed by atoms with E-state index in [4.69, 9.17) is 5.84 Å². The van der Waals surface area contributed by atoms with Crippen LogP contribution in [-0.2, 0) is 6.54 Å². The highest BCUT2D eigenvalue weighted by atomic mass is 16.2. The molecule has 0 bridgehead atoms. The Morgan fingerprint density at radius 3 is 2.90 bits per heavy atom. The quantitative estimate of drug-likeness (QED) is 0.647. The van der Waals surface area contributed by atoms with Crippen molar-refractivity contribution in [1.82, 2.24) is 14.9 Å². The maximum atomic E-state index is 12.3. The number of carbonyl (C=O) groups excluding carboxylic acids is 1. The van der Waals surface area contributed by atoms with E-state index in [2.05, 4.69) is 15.4 Å². The molecule has 0 saturated heterocycles. The fraction of sp³-hybridized carbons (Fsp3) is 0.214. The third-order valence-electron chi connectivity index (χ3n) is 2.85. The van der Waals surface area contributed by atoms with Crippen LogP contribution in [0.15, 0.2) is 36.7 Å². The lowest BCUT2D eigenvalue weighted by Gasteiger charge is -2.17. The van der Waals surface area contributed by atoms with Gasteiger partial charge in [-0.05, 0) is 12.5 Å². The third-order valence-corrected chi connectivity index (χ3v) is 2.85. The largest absolute Gasteiger partial charge is 0.336 e. The zero-order valence-corrected chi connectivity index (χ0v) is 11.5. The lowest BCUT2D eigenvalue weighted by atomic mass is 10.1. The number of nitrogens with zero attached hydrogens (tertiary/aromatic N) is 3. The van der Waals surface area contributed by atoms with Gasteiger partial charge in [0.05, 0.1) is 12.4 Å². The summed E-state index contributed by atoms with van der Waals surface area (Å²) in [5.41, 5.74) is 4.87. The minimum atomic E-state index is -0.198. The van der Waals surface area contributed by atoms with Gasteiger partial charge in [0.25, 0.3) is 5.91 Å². The fourth-order valence-electron chi connectivity index (χ4n) is 1.89. The Hall–Kier alpha value is -2.47. The van der Waals surface area contributed by atoms with Crippen LogP contribution in [0, 0.1) is 6.92 Å². The summed E-state index contributed by atoms with van der Waals surface area (Å²) in [4.78, 5) is 21.9. The van der Waals surface area contributed by atoms with Gasteiger partial charge in [0, 0.05) is 13.6 Å². The smallest absolute Gasteiger partial charge is 0.274 e. The summed E-state index contributed by atoms with van der Waals surface area (Å²) >= 11 is 0. The molecule has 0 unspecified atom stereocenters. The standard InChI is InChI=1S/C14H17N5O/c1-10-4-3-5-11(6-10)9-19(2)14(20)12-7-16-8-13(17-12)18-15/h3-8H,9,15H2,1-2H3,(H,17,18). The summed E-state index contributed by atoms with van der Waals surface area (Å²) in [7, 11) is 1.73. The number of nitrogens with two attached hydrogens (primary N) is 1. The lowest BCUT2D eigenvalue weighted by molar-refractivity contribution is 0.0779. The Morgan fingerprint density at radius 2 is 2.20 bits per heavy atom. The average molecular weight is 271 g/mol. The van der Waals surface area contributed by atoms with E-state index in [9.17, 15) is 4.79 Å². The molecule has 20 heavy (non-hydrogen) atoms. The van der Waals surface area contributed by atoms with Crippen molar-refractivity contribution in [1.29, 1.82) is 0 Å². The second-order valence-electron chi connectivity index (χ2n) is 4.58. The zero-order valence-electron chi connectivity index (χ0n) is 11.5. The number of nitrogen functional groups attached to an aromatic ring is 1. The molecular weight excluding hydrogens is 254 g/mol. The summed E-state index contributed by atoms with van der Waals surface area (Å²) in [6.07, 6.45) is 2.88. The van der Waals surface area contributed by atoms with Crippen LogP contribution < -0.4 is 11.3 Å². The zero-order chi connectivity index (χ0) is 14.5. The van der Waals surface area contributed by atoms with Crippen LogP contribution in [0.5, 0.6) is 0 Å². The summed E-state index contributed by atoms with van der Waals surface area (Å²) in [6, 6.07) is 8.03. The molecule has 6 nitrogen and oxygen atoms in total. The monoisotopic (exact) mass is 271 g/mol. The van der Waals surface area contributed by atoms with Crippen LogP contribution in [0.3, 0.4) is 0 Å². The Morgan fingerprint density at radius 1 is 1.40 bits per heavy atom. The maximum Gasteiger partial charge on any atom is 0.274 e. The highest BCUT2D eigenvalue weighted by Gasteiger charge is 2.14. The SMILES string of the molecule is Cc1cccc(CN(C)C(=O)c2cncc(NN)n2)c1. The van der Waals surface area contributed by atoms with Gasteiger partial charge in [-0.1, -0.05) is 29.8 Å². The van der Waals surface area contributed by atoms with Gasteiger partial charge in [-0.3, -0.25) is 9.78 Å². The molecule has 0 fully saturated rings. The van der Waals surface area contributed by atoms with Crippen LogP contribution in [0.25, 0.3) is 0 Å². The molecule has 6 heteroatoms. The predicted octanol–water partition coefficient (Wildman–Crippen LogP) is 1.34. The first-order chi connectivity index (χ1) is 9.60. The van der Waals surface area contributed by atoms with Crippen LogP contribution in [-0.4, -0.2) is 27.8 Å². The number of aromatic nitrogens is 2. The molecule has 3 N–H and O–H groups in total. The molecule has 2 aromatic rings. The van der Waals surface area contributed by atoms with E-state index >= 15 is 0 Å². The third kappa shape index (κ3) is 3.30. The Kier molecular flexibility index (Phi) is 4.27. The average Bonchev–Trinajstić information content (AvgIpc) is 2.46. The highest BCUT2D eigenvalue weighted by Crippen LogP contribution is 2.09. The molecular formula is C14H17N5O. The minimum absolute atomic E-state index is 0.198. The number of anilines is 1. The molecule has 1 heterocycles. The number of hydrogen-bond acceptors (Lipinski definition) is 5. The predicted molar refractivity (Wildman–Crippen MR) is 76.8 cm³/mol. The van der Waals surface area contributed by atoms with E-state index in [0.29, 0.717) is 12.4 Å². The molecule has 0 aliphatic rings. The molecule has 1 amide bonds. The number of hydrogen-bond donors (Lipinski definition) is 2. The molecule has 0 saturated carbocycles. The van der Waals surface area contributed by atoms with Crippen molar-refractivity contribution in [2.24, 2.45) is 5.84 Å². The molecule has 0 aliphatic carbocycles. The molecule has 0 radical (unpaired) electrons. The van der Waals surface area contributed by atoms with Crippen molar-refractivity contribution in [3.05, 3.63) is 53.5 Å². The second kappa shape index (κ2) is 6.12. The lowest BCUT2D eigenvalue weighted by Crippen LogP contribution is -2.27. The molecule has 2 rings (SSSR count). The van der Waals surface area contributed by atoms with Crippen LogP contribution >= 0.6 is 0 Å². The van der Waals surface area contributed by atoms with E-state index in [1.807, 2.05) is 31.2 Å². The van der Waals surface area contributed by atoms with Crippen LogP contribution in [0.2, 0.25) is 0 Å². The Labute approximate surface area is 117 Å². The highest BCUT2D eigenvalue weighted by molar-refractivity contribution is 5.92. The molecule has 1 aromatic heterocycles. The molecule has 104 valence electrons. The van der Waals surface area contributed by atoms with E-state index < -0.39 is 0 Å². The van der Waals surface area contributed by atoms with Gasteiger partial charge in [-0.2, -0.15) is 0 Å². The van der Waals surface area contributed by atoms with E-state index in [-0.39, 0.29) is 11.6 Å². The van der Waals surface area contributed by atoms with Crippen molar-refractivity contribution in [2.45, 2.75) is 13.5 Å². The first-order valence-corrected chi connectivity index (χ1v) is 6.20. The number of hydrazine groups is 1. The molecule has 1 aromatic carbocycles. The number of rotatable bonds is 4. The van der Waals surface area contributed by atoms with Gasteiger partial charge in [-0.25, -0.2) is 10.8 Å². The van der Waals surface area contributed by atoms with E-state index in [0.717, 1.165) is 11.1 Å². The minimum Gasteiger partial charge on any atom is -0.336 e. The maximum absolute atomic E-state index is 12.3. The molecule has 0 spiro atoms. The number of nitrogens with one attached hydrogen (secondary N) is 1. The van der Waals surface area contributed by atoms with Crippen molar-refractivity contribution >= 4 is 11.7 Å². The van der Waals surface area contributed by atoms with Crippen molar-refractivity contribution in [3.63, 3.8) is 0 Å². The topological polar surface area (TPSA) is 84.1 Å². The summed E-state index contributed by atoms with van der Waals surface area (Å²) in [6.45, 7) is 2.54. The first-order valence-electron chi connectivity index (χ1n) is 6.20. The van der Waals surface area contributed by atoms with Gasteiger partial charge < -0.3 is 10.3 Å². The van der Waals surface area contributed by atoms with Crippen LogP contribution in [0.1, 0.15) is 21.6 Å². The Bertz CT molecular complexity index is 614. The Balaban J connectivity index is 2.12. The van der Waals surface area contributed by atoms with Gasteiger partial charge in [0.15, 0.2) is 5.82 Å². The summed E-state index contributed by atoms with van der Waals surface area (Å²) in [5.74, 6) is 5.42.